The fourth-order valence-electron chi connectivity index (χ4n) is 3.16. The predicted octanol–water partition coefficient (Wildman–Crippen LogP) is 3.62. The maximum Gasteiger partial charge on any atom is 0.126 e. The molecule has 2 unspecified atom stereocenters. The van der Waals surface area contributed by atoms with Crippen LogP contribution < -0.4 is 10.5 Å². The monoisotopic (exact) mass is 311 g/mol. The van der Waals surface area contributed by atoms with E-state index in [1.54, 1.807) is 7.11 Å². The lowest BCUT2D eigenvalue weighted by molar-refractivity contribution is 0.398. The second-order valence-corrected chi connectivity index (χ2v) is 6.36. The van der Waals surface area contributed by atoms with E-state index in [0.29, 0.717) is 12.5 Å². The first-order valence-electron chi connectivity index (χ1n) is 6.44. The van der Waals surface area contributed by atoms with Gasteiger partial charge < -0.3 is 10.5 Å². The van der Waals surface area contributed by atoms with Crippen LogP contribution in [-0.4, -0.2) is 13.7 Å². The van der Waals surface area contributed by atoms with Gasteiger partial charge in [-0.3, -0.25) is 0 Å². The van der Waals surface area contributed by atoms with E-state index in [1.807, 2.05) is 0 Å². The summed E-state index contributed by atoms with van der Waals surface area (Å²) in [6.45, 7) is 9.38. The van der Waals surface area contributed by atoms with Crippen LogP contribution in [-0.2, 0) is 5.41 Å². The molecule has 0 spiro atoms. The van der Waals surface area contributed by atoms with Crippen molar-refractivity contribution in [3.8, 4) is 5.75 Å². The van der Waals surface area contributed by atoms with E-state index < -0.39 is 0 Å². The van der Waals surface area contributed by atoms with Gasteiger partial charge in [0.1, 0.15) is 5.75 Å². The molecule has 0 aliphatic heterocycles. The molecular weight excluding hydrogens is 290 g/mol. The molecule has 0 bridgehead atoms. The van der Waals surface area contributed by atoms with Gasteiger partial charge in [-0.05, 0) is 49.8 Å². The largest absolute Gasteiger partial charge is 0.496 e. The molecule has 1 aromatic rings. The molecule has 2 rings (SSSR count). The Morgan fingerprint density at radius 2 is 1.83 bits per heavy atom. The predicted molar refractivity (Wildman–Crippen MR) is 79.4 cm³/mol. The number of ether oxygens (including phenoxy) is 1. The molecule has 0 saturated heterocycles. The number of rotatable bonds is 3. The van der Waals surface area contributed by atoms with Gasteiger partial charge in [0.15, 0.2) is 0 Å². The van der Waals surface area contributed by atoms with Crippen LogP contribution in [0.3, 0.4) is 0 Å². The second-order valence-electron chi connectivity index (χ2n) is 5.56. The minimum absolute atomic E-state index is 0.121. The molecule has 0 aromatic heterocycles. The third-order valence-electron chi connectivity index (χ3n) is 4.68. The summed E-state index contributed by atoms with van der Waals surface area (Å²) in [5, 5.41) is 0. The Hall–Kier alpha value is -0.540. The molecule has 0 radical (unpaired) electrons. The summed E-state index contributed by atoms with van der Waals surface area (Å²) < 4.78 is 6.89. The SMILES string of the molecule is COc1c(C)c(C)c(Br)c(C)c1C1(CN)CC1C. The summed E-state index contributed by atoms with van der Waals surface area (Å²) in [6, 6.07) is 0. The molecule has 1 aliphatic carbocycles. The number of benzene rings is 1. The van der Waals surface area contributed by atoms with Gasteiger partial charge in [0.05, 0.1) is 7.11 Å². The lowest BCUT2D eigenvalue weighted by atomic mass is 9.86. The highest BCUT2D eigenvalue weighted by Crippen LogP contribution is 2.58. The fraction of sp³-hybridized carbons (Fsp3) is 0.600. The van der Waals surface area contributed by atoms with Crippen LogP contribution in [0.1, 0.15) is 35.6 Å². The van der Waals surface area contributed by atoms with Gasteiger partial charge in [-0.15, -0.1) is 0 Å². The summed E-state index contributed by atoms with van der Waals surface area (Å²) in [5.74, 6) is 1.67. The first kappa shape index (κ1) is 13.9. The molecule has 1 aliphatic rings. The first-order valence-corrected chi connectivity index (χ1v) is 7.23. The van der Waals surface area contributed by atoms with E-state index in [4.69, 9.17) is 10.5 Å². The van der Waals surface area contributed by atoms with Gasteiger partial charge in [-0.2, -0.15) is 0 Å². The number of nitrogens with two attached hydrogens (primary N) is 1. The molecule has 1 fully saturated rings. The summed E-state index contributed by atoms with van der Waals surface area (Å²) in [5.41, 5.74) is 11.2. The molecular formula is C15H22BrNO. The minimum Gasteiger partial charge on any atom is -0.496 e. The third kappa shape index (κ3) is 1.71. The Labute approximate surface area is 118 Å². The van der Waals surface area contributed by atoms with Gasteiger partial charge in [0, 0.05) is 22.0 Å². The van der Waals surface area contributed by atoms with Gasteiger partial charge in [0.2, 0.25) is 0 Å². The van der Waals surface area contributed by atoms with E-state index in [0.717, 1.165) is 12.2 Å². The highest BCUT2D eigenvalue weighted by Gasteiger charge is 2.53. The molecule has 3 heteroatoms. The Balaban J connectivity index is 2.74. The minimum atomic E-state index is 0.121. The van der Waals surface area contributed by atoms with Crippen LogP contribution in [0.5, 0.6) is 5.75 Å². The zero-order chi connectivity index (χ0) is 13.7. The van der Waals surface area contributed by atoms with E-state index in [-0.39, 0.29) is 5.41 Å². The van der Waals surface area contributed by atoms with Crippen LogP contribution in [0.25, 0.3) is 0 Å². The lowest BCUT2D eigenvalue weighted by Crippen LogP contribution is -2.24. The molecule has 100 valence electrons. The van der Waals surface area contributed by atoms with Crippen molar-refractivity contribution in [2.75, 3.05) is 13.7 Å². The third-order valence-corrected chi connectivity index (χ3v) is 5.87. The molecule has 1 aromatic carbocycles. The Morgan fingerprint density at radius 3 is 2.22 bits per heavy atom. The van der Waals surface area contributed by atoms with E-state index in [2.05, 4.69) is 43.6 Å². The van der Waals surface area contributed by atoms with E-state index in [1.165, 1.54) is 26.7 Å². The normalized spacial score (nSPS) is 26.3. The van der Waals surface area contributed by atoms with Crippen molar-refractivity contribution >= 4 is 15.9 Å². The fourth-order valence-corrected chi connectivity index (χ4v) is 3.66. The van der Waals surface area contributed by atoms with Gasteiger partial charge >= 0.3 is 0 Å². The van der Waals surface area contributed by atoms with Crippen LogP contribution >= 0.6 is 15.9 Å². The smallest absolute Gasteiger partial charge is 0.126 e. The summed E-state index contributed by atoms with van der Waals surface area (Å²) in [4.78, 5) is 0. The second kappa shape index (κ2) is 4.53. The maximum absolute atomic E-state index is 6.05. The summed E-state index contributed by atoms with van der Waals surface area (Å²) >= 11 is 3.72. The van der Waals surface area contributed by atoms with Gasteiger partial charge in [0.25, 0.3) is 0 Å². The van der Waals surface area contributed by atoms with Crippen LogP contribution in [0.2, 0.25) is 0 Å². The topological polar surface area (TPSA) is 35.2 Å². The van der Waals surface area contributed by atoms with Crippen molar-refractivity contribution in [2.45, 2.75) is 39.5 Å². The molecule has 0 heterocycles. The molecule has 0 amide bonds. The van der Waals surface area contributed by atoms with Crippen LogP contribution in [0.4, 0.5) is 0 Å². The summed E-state index contributed by atoms with van der Waals surface area (Å²) in [6.07, 6.45) is 1.16. The first-order chi connectivity index (χ1) is 8.40. The number of hydrogen-bond acceptors (Lipinski definition) is 2. The van der Waals surface area contributed by atoms with Crippen molar-refractivity contribution in [3.63, 3.8) is 0 Å². The molecule has 18 heavy (non-hydrogen) atoms. The Bertz CT molecular complexity index is 494. The number of halogens is 1. The van der Waals surface area contributed by atoms with Crippen molar-refractivity contribution in [1.29, 1.82) is 0 Å². The van der Waals surface area contributed by atoms with Crippen molar-refractivity contribution < 1.29 is 4.74 Å². The zero-order valence-corrected chi connectivity index (χ0v) is 13.4. The van der Waals surface area contributed by atoms with Crippen LogP contribution in [0, 0.1) is 26.7 Å². The van der Waals surface area contributed by atoms with Crippen molar-refractivity contribution in [2.24, 2.45) is 11.7 Å². The quantitative estimate of drug-likeness (QED) is 0.925. The molecule has 2 atom stereocenters. The standard InChI is InChI=1S/C15H22BrNO/c1-8-6-15(8,7-17)12-11(4)13(16)9(2)10(3)14(12)18-5/h8H,6-7,17H2,1-5H3. The molecule has 2 nitrogen and oxygen atoms in total. The van der Waals surface area contributed by atoms with Gasteiger partial charge in [-0.1, -0.05) is 22.9 Å². The Kier molecular flexibility index (Phi) is 3.50. The highest BCUT2D eigenvalue weighted by molar-refractivity contribution is 9.10. The van der Waals surface area contributed by atoms with E-state index in [9.17, 15) is 0 Å². The van der Waals surface area contributed by atoms with E-state index >= 15 is 0 Å². The Morgan fingerprint density at radius 1 is 1.28 bits per heavy atom. The van der Waals surface area contributed by atoms with Crippen LogP contribution in [0.15, 0.2) is 4.47 Å². The zero-order valence-electron chi connectivity index (χ0n) is 11.9. The maximum atomic E-state index is 6.05. The lowest BCUT2D eigenvalue weighted by Gasteiger charge is -2.25. The number of methoxy groups -OCH3 is 1. The van der Waals surface area contributed by atoms with Crippen molar-refractivity contribution in [1.82, 2.24) is 0 Å². The van der Waals surface area contributed by atoms with Crippen molar-refractivity contribution in [3.05, 3.63) is 26.7 Å². The molecule has 1 saturated carbocycles. The highest BCUT2D eigenvalue weighted by atomic mass is 79.9. The van der Waals surface area contributed by atoms with Gasteiger partial charge in [-0.25, -0.2) is 0 Å². The average Bonchev–Trinajstić information content (AvgIpc) is 3.02. The molecule has 2 N–H and O–H groups in total. The summed E-state index contributed by atoms with van der Waals surface area (Å²) in [7, 11) is 1.76. The number of hydrogen-bond donors (Lipinski definition) is 1. The average molecular weight is 312 g/mol.